The predicted octanol–water partition coefficient (Wildman–Crippen LogP) is 2.08. The van der Waals surface area contributed by atoms with Crippen molar-refractivity contribution in [3.63, 3.8) is 0 Å². The summed E-state index contributed by atoms with van der Waals surface area (Å²) in [5.41, 5.74) is 1.34. The van der Waals surface area contributed by atoms with E-state index in [1.165, 1.54) is 5.57 Å². The van der Waals surface area contributed by atoms with Crippen LogP contribution >= 0.6 is 0 Å². The van der Waals surface area contributed by atoms with E-state index in [-0.39, 0.29) is 6.10 Å². The van der Waals surface area contributed by atoms with Crippen LogP contribution in [0.25, 0.3) is 0 Å². The number of likely N-dealkylation sites (N-methyl/N-ethyl adjacent to an activating group) is 1. The van der Waals surface area contributed by atoms with Gasteiger partial charge in [0.1, 0.15) is 0 Å². The van der Waals surface area contributed by atoms with E-state index in [0.29, 0.717) is 6.04 Å². The third-order valence-corrected chi connectivity index (χ3v) is 2.92. The molecule has 1 heterocycles. The lowest BCUT2D eigenvalue weighted by Crippen LogP contribution is -2.41. The second kappa shape index (κ2) is 6.85. The van der Waals surface area contributed by atoms with Gasteiger partial charge in [-0.1, -0.05) is 13.3 Å². The third-order valence-electron chi connectivity index (χ3n) is 2.92. The van der Waals surface area contributed by atoms with Gasteiger partial charge in [-0.05, 0) is 31.9 Å². The number of nitrogens with one attached hydrogen (secondary N) is 1. The van der Waals surface area contributed by atoms with E-state index in [9.17, 15) is 0 Å². The van der Waals surface area contributed by atoms with Crippen LogP contribution in [-0.4, -0.2) is 32.9 Å². The summed E-state index contributed by atoms with van der Waals surface area (Å²) in [6.07, 6.45) is 6.63. The van der Waals surface area contributed by atoms with Gasteiger partial charge in [0.25, 0.3) is 0 Å². The van der Waals surface area contributed by atoms with Gasteiger partial charge in [-0.2, -0.15) is 0 Å². The van der Waals surface area contributed by atoms with E-state index >= 15 is 0 Å². The molecule has 0 saturated heterocycles. The van der Waals surface area contributed by atoms with Crippen molar-refractivity contribution in [2.24, 2.45) is 0 Å². The molecule has 0 fully saturated rings. The standard InChI is InChI=1S/C12H23NO2/c1-4-6-11(14-3)12(13-2)10-7-5-8-15-9-10/h9,11-13H,4-8H2,1-3H3. The van der Waals surface area contributed by atoms with Crippen molar-refractivity contribution in [2.75, 3.05) is 20.8 Å². The Morgan fingerprint density at radius 3 is 2.87 bits per heavy atom. The minimum atomic E-state index is 0.257. The molecule has 1 rings (SSSR count). The minimum Gasteiger partial charge on any atom is -0.501 e. The molecule has 0 amide bonds. The minimum absolute atomic E-state index is 0.257. The Bertz CT molecular complexity index is 204. The molecule has 2 atom stereocenters. The Balaban J connectivity index is 2.62. The molecule has 1 N–H and O–H groups in total. The second-order valence-electron chi connectivity index (χ2n) is 4.00. The van der Waals surface area contributed by atoms with Crippen molar-refractivity contribution in [1.82, 2.24) is 5.32 Å². The van der Waals surface area contributed by atoms with E-state index < -0.39 is 0 Å². The van der Waals surface area contributed by atoms with Crippen LogP contribution in [0.3, 0.4) is 0 Å². The lowest BCUT2D eigenvalue weighted by Gasteiger charge is -2.29. The zero-order valence-electron chi connectivity index (χ0n) is 10.1. The molecule has 2 unspecified atom stereocenters. The van der Waals surface area contributed by atoms with Gasteiger partial charge in [0.05, 0.1) is 25.0 Å². The van der Waals surface area contributed by atoms with Gasteiger partial charge in [-0.3, -0.25) is 0 Å². The molecule has 0 spiro atoms. The molecule has 0 radical (unpaired) electrons. The van der Waals surface area contributed by atoms with Crippen LogP contribution < -0.4 is 5.32 Å². The smallest absolute Gasteiger partial charge is 0.0876 e. The Hall–Kier alpha value is -0.540. The zero-order chi connectivity index (χ0) is 11.1. The maximum Gasteiger partial charge on any atom is 0.0876 e. The maximum absolute atomic E-state index is 5.54. The van der Waals surface area contributed by atoms with Crippen LogP contribution in [0.15, 0.2) is 11.8 Å². The van der Waals surface area contributed by atoms with Crippen molar-refractivity contribution in [2.45, 2.75) is 44.8 Å². The highest BCUT2D eigenvalue weighted by Gasteiger charge is 2.24. The van der Waals surface area contributed by atoms with Crippen LogP contribution in [0, 0.1) is 0 Å². The summed E-state index contributed by atoms with van der Waals surface area (Å²) >= 11 is 0. The van der Waals surface area contributed by atoms with Gasteiger partial charge in [-0.15, -0.1) is 0 Å². The van der Waals surface area contributed by atoms with E-state index in [1.54, 1.807) is 7.11 Å². The molecule has 1 aliphatic rings. The van der Waals surface area contributed by atoms with Crippen LogP contribution in [0.1, 0.15) is 32.6 Å². The summed E-state index contributed by atoms with van der Waals surface area (Å²) < 4.78 is 10.9. The number of ether oxygens (including phenoxy) is 2. The highest BCUT2D eigenvalue weighted by Crippen LogP contribution is 2.21. The molecule has 3 heteroatoms. The van der Waals surface area contributed by atoms with Crippen LogP contribution in [-0.2, 0) is 9.47 Å². The monoisotopic (exact) mass is 213 g/mol. The predicted molar refractivity (Wildman–Crippen MR) is 61.8 cm³/mol. The highest BCUT2D eigenvalue weighted by molar-refractivity contribution is 5.12. The largest absolute Gasteiger partial charge is 0.501 e. The van der Waals surface area contributed by atoms with Crippen LogP contribution in [0.5, 0.6) is 0 Å². The molecule has 0 aliphatic carbocycles. The molecule has 0 aromatic heterocycles. The number of methoxy groups -OCH3 is 1. The number of hydrogen-bond donors (Lipinski definition) is 1. The molecule has 0 saturated carbocycles. The fourth-order valence-corrected chi connectivity index (χ4v) is 2.13. The summed E-state index contributed by atoms with van der Waals surface area (Å²) in [7, 11) is 3.77. The van der Waals surface area contributed by atoms with Gasteiger partial charge < -0.3 is 14.8 Å². The van der Waals surface area contributed by atoms with Gasteiger partial charge in [0.15, 0.2) is 0 Å². The SMILES string of the molecule is CCCC(OC)C(NC)C1=COCCC1. The second-order valence-corrected chi connectivity index (χ2v) is 4.00. The number of hydrogen-bond acceptors (Lipinski definition) is 3. The fraction of sp³-hybridized carbons (Fsp3) is 0.833. The topological polar surface area (TPSA) is 30.5 Å². The molecular formula is C12H23NO2. The molecule has 0 aromatic rings. The first-order valence-electron chi connectivity index (χ1n) is 5.84. The summed E-state index contributed by atoms with van der Waals surface area (Å²) in [4.78, 5) is 0. The summed E-state index contributed by atoms with van der Waals surface area (Å²) in [5.74, 6) is 0. The van der Waals surface area contributed by atoms with Gasteiger partial charge >= 0.3 is 0 Å². The Morgan fingerprint density at radius 1 is 1.60 bits per heavy atom. The first-order chi connectivity index (χ1) is 7.33. The van der Waals surface area contributed by atoms with E-state index in [0.717, 1.165) is 32.3 Å². The average molecular weight is 213 g/mol. The lowest BCUT2D eigenvalue weighted by molar-refractivity contribution is 0.0690. The van der Waals surface area contributed by atoms with Gasteiger partial charge in [0.2, 0.25) is 0 Å². The van der Waals surface area contributed by atoms with Crippen LogP contribution in [0.4, 0.5) is 0 Å². The lowest BCUT2D eigenvalue weighted by atomic mass is 9.95. The van der Waals surface area contributed by atoms with Crippen molar-refractivity contribution in [3.8, 4) is 0 Å². The fourth-order valence-electron chi connectivity index (χ4n) is 2.13. The van der Waals surface area contributed by atoms with E-state index in [2.05, 4.69) is 12.2 Å². The summed E-state index contributed by atoms with van der Waals surface area (Å²) in [5, 5.41) is 3.33. The molecule has 88 valence electrons. The van der Waals surface area contributed by atoms with Gasteiger partial charge in [-0.25, -0.2) is 0 Å². The third kappa shape index (κ3) is 3.50. The van der Waals surface area contributed by atoms with Crippen molar-refractivity contribution in [3.05, 3.63) is 11.8 Å². The molecule has 0 bridgehead atoms. The molecule has 3 nitrogen and oxygen atoms in total. The van der Waals surface area contributed by atoms with Gasteiger partial charge in [0, 0.05) is 7.11 Å². The molecule has 1 aliphatic heterocycles. The summed E-state index contributed by atoms with van der Waals surface area (Å²) in [6.45, 7) is 3.04. The van der Waals surface area contributed by atoms with Crippen molar-refractivity contribution in [1.29, 1.82) is 0 Å². The maximum atomic E-state index is 5.54. The molecule has 0 aromatic carbocycles. The zero-order valence-corrected chi connectivity index (χ0v) is 10.1. The first-order valence-corrected chi connectivity index (χ1v) is 5.84. The summed E-state index contributed by atoms with van der Waals surface area (Å²) in [6, 6.07) is 0.301. The normalized spacial score (nSPS) is 20.3. The highest BCUT2D eigenvalue weighted by atomic mass is 16.5. The number of rotatable bonds is 6. The Morgan fingerprint density at radius 2 is 2.40 bits per heavy atom. The van der Waals surface area contributed by atoms with E-state index in [4.69, 9.17) is 9.47 Å². The Kier molecular flexibility index (Phi) is 5.73. The van der Waals surface area contributed by atoms with Crippen LogP contribution in [0.2, 0.25) is 0 Å². The van der Waals surface area contributed by atoms with E-state index in [1.807, 2.05) is 13.3 Å². The van der Waals surface area contributed by atoms with Crippen molar-refractivity contribution >= 4 is 0 Å². The Labute approximate surface area is 92.8 Å². The quantitative estimate of drug-likeness (QED) is 0.733. The first kappa shape index (κ1) is 12.5. The van der Waals surface area contributed by atoms with Crippen molar-refractivity contribution < 1.29 is 9.47 Å². The molecule has 15 heavy (non-hydrogen) atoms. The molecular weight excluding hydrogens is 190 g/mol. The average Bonchev–Trinajstić information content (AvgIpc) is 2.30.